The molecule has 19 heavy (non-hydrogen) atoms. The van der Waals surface area contributed by atoms with Crippen molar-refractivity contribution in [2.75, 3.05) is 6.61 Å². The maximum absolute atomic E-state index is 11.8. The van der Waals surface area contributed by atoms with Gasteiger partial charge in [0.05, 0.1) is 12.2 Å². The molecule has 108 valence electrons. The Hall–Kier alpha value is 0.160. The van der Waals surface area contributed by atoms with Gasteiger partial charge >= 0.3 is 5.97 Å². The summed E-state index contributed by atoms with van der Waals surface area (Å²) in [6, 6.07) is 0. The minimum Gasteiger partial charge on any atom is -0.464 e. The number of hydrogen-bond donors (Lipinski definition) is 1. The first kappa shape index (κ1) is 14.1. The predicted octanol–water partition coefficient (Wildman–Crippen LogP) is 3.07. The minimum atomic E-state index is -0.565. The molecule has 3 aliphatic rings. The van der Waals surface area contributed by atoms with Gasteiger partial charge in [-0.25, -0.2) is 0 Å². The van der Waals surface area contributed by atoms with Crippen LogP contribution in [-0.4, -0.2) is 27.2 Å². The van der Waals surface area contributed by atoms with Crippen LogP contribution >= 0.6 is 22.6 Å². The maximum atomic E-state index is 11.8. The fourth-order valence-electron chi connectivity index (χ4n) is 4.96. The summed E-state index contributed by atoms with van der Waals surface area (Å²) in [6.45, 7) is 4.47. The van der Waals surface area contributed by atoms with E-state index < -0.39 is 5.60 Å². The number of fused-ring (bicyclic) bond motifs is 1. The number of rotatable bonds is 4. The van der Waals surface area contributed by atoms with Gasteiger partial charge in [-0.1, -0.05) is 29.5 Å². The lowest BCUT2D eigenvalue weighted by Gasteiger charge is -2.44. The SMILES string of the molecule is CCC(I)C(=O)OCC12CC3CC3(CC(C)(O)C1)C2. The zero-order valence-corrected chi connectivity index (χ0v) is 13.9. The predicted molar refractivity (Wildman–Crippen MR) is 81.1 cm³/mol. The van der Waals surface area contributed by atoms with Crippen molar-refractivity contribution < 1.29 is 14.6 Å². The molecular formula is C15H23IO3. The second-order valence-corrected chi connectivity index (χ2v) is 8.98. The molecule has 3 rings (SSSR count). The summed E-state index contributed by atoms with van der Waals surface area (Å²) in [5.74, 6) is 0.694. The molecule has 5 unspecified atom stereocenters. The van der Waals surface area contributed by atoms with E-state index in [0.29, 0.717) is 12.0 Å². The van der Waals surface area contributed by atoms with Crippen molar-refractivity contribution in [2.24, 2.45) is 16.7 Å². The summed E-state index contributed by atoms with van der Waals surface area (Å²) in [7, 11) is 0. The Morgan fingerprint density at radius 1 is 1.42 bits per heavy atom. The molecule has 3 saturated carbocycles. The van der Waals surface area contributed by atoms with Gasteiger partial charge in [-0.2, -0.15) is 0 Å². The molecule has 3 nitrogen and oxygen atoms in total. The van der Waals surface area contributed by atoms with Gasteiger partial charge < -0.3 is 9.84 Å². The van der Waals surface area contributed by atoms with Crippen molar-refractivity contribution in [3.05, 3.63) is 0 Å². The maximum Gasteiger partial charge on any atom is 0.318 e. The third-order valence-electron chi connectivity index (χ3n) is 5.39. The molecule has 4 heteroatoms. The highest BCUT2D eigenvalue weighted by atomic mass is 127. The van der Waals surface area contributed by atoms with E-state index >= 15 is 0 Å². The molecule has 3 fully saturated rings. The average molecular weight is 378 g/mol. The Bertz CT molecular complexity index is 408. The number of carbonyl (C=O) groups excluding carboxylic acids is 1. The van der Waals surface area contributed by atoms with Crippen LogP contribution < -0.4 is 0 Å². The lowest BCUT2D eigenvalue weighted by atomic mass is 9.66. The zero-order chi connectivity index (χ0) is 13.9. The Kier molecular flexibility index (Phi) is 3.21. The first-order valence-electron chi connectivity index (χ1n) is 7.33. The second-order valence-electron chi connectivity index (χ2n) is 7.48. The van der Waals surface area contributed by atoms with Gasteiger partial charge in [0.15, 0.2) is 0 Å². The van der Waals surface area contributed by atoms with Gasteiger partial charge in [-0.3, -0.25) is 4.79 Å². The Balaban J connectivity index is 1.66. The number of aliphatic hydroxyl groups is 1. The Morgan fingerprint density at radius 3 is 2.84 bits per heavy atom. The van der Waals surface area contributed by atoms with Gasteiger partial charge in [0, 0.05) is 5.41 Å². The van der Waals surface area contributed by atoms with Crippen LogP contribution in [0.3, 0.4) is 0 Å². The summed E-state index contributed by atoms with van der Waals surface area (Å²) >= 11 is 2.15. The van der Waals surface area contributed by atoms with Gasteiger partial charge in [-0.15, -0.1) is 0 Å². The van der Waals surface area contributed by atoms with Crippen molar-refractivity contribution >= 4 is 28.6 Å². The van der Waals surface area contributed by atoms with E-state index in [1.807, 2.05) is 13.8 Å². The van der Waals surface area contributed by atoms with E-state index in [-0.39, 0.29) is 15.3 Å². The van der Waals surface area contributed by atoms with Crippen LogP contribution in [-0.2, 0) is 9.53 Å². The van der Waals surface area contributed by atoms with Crippen LogP contribution in [0.4, 0.5) is 0 Å². The van der Waals surface area contributed by atoms with E-state index in [0.717, 1.165) is 38.0 Å². The lowest BCUT2D eigenvalue weighted by Crippen LogP contribution is -2.43. The Labute approximate surface area is 128 Å². The highest BCUT2D eigenvalue weighted by molar-refractivity contribution is 14.1. The summed E-state index contributed by atoms with van der Waals surface area (Å²) in [5.41, 5.74) is -0.114. The Morgan fingerprint density at radius 2 is 2.16 bits per heavy atom. The van der Waals surface area contributed by atoms with Crippen LogP contribution in [0.5, 0.6) is 0 Å². The van der Waals surface area contributed by atoms with E-state index in [9.17, 15) is 9.90 Å². The number of alkyl halides is 1. The molecule has 0 amide bonds. The lowest BCUT2D eigenvalue weighted by molar-refractivity contribution is -0.150. The van der Waals surface area contributed by atoms with Crippen molar-refractivity contribution in [1.82, 2.24) is 0 Å². The van der Waals surface area contributed by atoms with E-state index in [2.05, 4.69) is 22.6 Å². The van der Waals surface area contributed by atoms with Gasteiger partial charge in [0.25, 0.3) is 0 Å². The quantitative estimate of drug-likeness (QED) is 0.465. The standard InChI is InChI=1S/C15H23IO3/c1-3-11(16)12(17)19-9-14-4-10-5-15(10,8-14)7-13(2,18)6-14/h10-11,18H,3-9H2,1-2H3. The fourth-order valence-corrected chi connectivity index (χ4v) is 5.14. The number of hydrogen-bond acceptors (Lipinski definition) is 3. The summed E-state index contributed by atoms with van der Waals surface area (Å²) in [4.78, 5) is 11.8. The highest BCUT2D eigenvalue weighted by Crippen LogP contribution is 2.76. The largest absolute Gasteiger partial charge is 0.464 e. The average Bonchev–Trinajstić information content (AvgIpc) is 2.85. The molecule has 3 aliphatic carbocycles. The van der Waals surface area contributed by atoms with Gasteiger partial charge in [0.1, 0.15) is 3.92 Å². The summed E-state index contributed by atoms with van der Waals surface area (Å²) in [5, 5.41) is 10.5. The van der Waals surface area contributed by atoms with Gasteiger partial charge in [-0.05, 0) is 56.8 Å². The van der Waals surface area contributed by atoms with Crippen molar-refractivity contribution in [3.8, 4) is 0 Å². The monoisotopic (exact) mass is 378 g/mol. The second kappa shape index (κ2) is 4.33. The van der Waals surface area contributed by atoms with Crippen LogP contribution in [0, 0.1) is 16.7 Å². The first-order valence-corrected chi connectivity index (χ1v) is 8.58. The molecule has 2 bridgehead atoms. The molecule has 0 aromatic rings. The fraction of sp³-hybridized carbons (Fsp3) is 0.933. The van der Waals surface area contributed by atoms with Crippen LogP contribution in [0.2, 0.25) is 0 Å². The molecule has 0 aromatic carbocycles. The molecule has 0 radical (unpaired) electrons. The molecule has 0 aromatic heterocycles. The van der Waals surface area contributed by atoms with Gasteiger partial charge in [0.2, 0.25) is 0 Å². The molecule has 5 atom stereocenters. The van der Waals surface area contributed by atoms with Crippen LogP contribution in [0.15, 0.2) is 0 Å². The number of esters is 1. The normalized spacial score (nSPS) is 48.5. The van der Waals surface area contributed by atoms with E-state index in [4.69, 9.17) is 4.74 Å². The molecule has 0 aliphatic heterocycles. The number of carbonyl (C=O) groups is 1. The van der Waals surface area contributed by atoms with Crippen molar-refractivity contribution in [2.45, 2.75) is 61.9 Å². The highest BCUT2D eigenvalue weighted by Gasteiger charge is 2.70. The van der Waals surface area contributed by atoms with Crippen molar-refractivity contribution in [3.63, 3.8) is 0 Å². The summed E-state index contributed by atoms with van der Waals surface area (Å²) < 4.78 is 5.52. The first-order chi connectivity index (χ1) is 8.80. The molecule has 0 heterocycles. The number of ether oxygens (including phenoxy) is 1. The minimum absolute atomic E-state index is 0.0389. The third-order valence-corrected chi connectivity index (χ3v) is 6.78. The van der Waals surface area contributed by atoms with E-state index in [1.54, 1.807) is 0 Å². The van der Waals surface area contributed by atoms with Crippen LogP contribution in [0.25, 0.3) is 0 Å². The topological polar surface area (TPSA) is 46.5 Å². The molecule has 1 N–H and O–H groups in total. The molecule has 0 saturated heterocycles. The summed E-state index contributed by atoms with van der Waals surface area (Å²) in [6.07, 6.45) is 6.15. The smallest absolute Gasteiger partial charge is 0.318 e. The molecular weight excluding hydrogens is 355 g/mol. The van der Waals surface area contributed by atoms with Crippen molar-refractivity contribution in [1.29, 1.82) is 0 Å². The van der Waals surface area contributed by atoms with E-state index in [1.165, 1.54) is 6.42 Å². The molecule has 1 spiro atoms. The number of halogens is 1. The van der Waals surface area contributed by atoms with Crippen LogP contribution in [0.1, 0.15) is 52.4 Å². The third kappa shape index (κ3) is 2.43. The zero-order valence-electron chi connectivity index (χ0n) is 11.7.